The molecule has 0 aromatic carbocycles. The van der Waals surface area contributed by atoms with E-state index in [0.29, 0.717) is 37.4 Å². The molecule has 7 heteroatoms. The van der Waals surface area contributed by atoms with E-state index in [1.807, 2.05) is 44.4 Å². The Morgan fingerprint density at radius 2 is 1.97 bits per heavy atom. The Balaban J connectivity index is 1.62. The third kappa shape index (κ3) is 4.45. The van der Waals surface area contributed by atoms with Gasteiger partial charge in [0.15, 0.2) is 5.58 Å². The number of aryl methyl sites for hydroxylation is 1. The van der Waals surface area contributed by atoms with Gasteiger partial charge in [0.05, 0.1) is 18.2 Å². The summed E-state index contributed by atoms with van der Waals surface area (Å²) >= 11 is 0. The molecule has 2 aliphatic rings. The number of rotatable bonds is 7. The molecule has 2 amide bonds. The number of hydrogen-bond acceptors (Lipinski definition) is 4. The van der Waals surface area contributed by atoms with E-state index in [1.54, 1.807) is 4.90 Å². The molecular weight excluding hydrogens is 406 g/mol. The Morgan fingerprint density at radius 1 is 1.25 bits per heavy atom. The lowest BCUT2D eigenvalue weighted by molar-refractivity contribution is -0.133. The van der Waals surface area contributed by atoms with Crippen LogP contribution in [0.4, 0.5) is 0 Å². The molecule has 2 aromatic heterocycles. The molecule has 1 aliphatic heterocycles. The number of amides is 2. The monoisotopic (exact) mass is 443 g/mol. The predicted octanol–water partition coefficient (Wildman–Crippen LogP) is 4.41. The zero-order chi connectivity index (χ0) is 22.9. The molecule has 0 spiro atoms. The van der Waals surface area contributed by atoms with Crippen molar-refractivity contribution in [3.05, 3.63) is 23.6 Å². The van der Waals surface area contributed by atoms with Crippen molar-refractivity contribution in [3.63, 3.8) is 0 Å². The summed E-state index contributed by atoms with van der Waals surface area (Å²) in [6.07, 6.45) is 7.61. The number of carbonyl (C=O) groups is 2. The zero-order valence-electron chi connectivity index (χ0n) is 19.9. The molecule has 32 heavy (non-hydrogen) atoms. The van der Waals surface area contributed by atoms with Gasteiger partial charge in [0, 0.05) is 31.3 Å². The molecule has 4 rings (SSSR count). The first-order valence-electron chi connectivity index (χ1n) is 12.1. The minimum absolute atomic E-state index is 0.0600. The second kappa shape index (κ2) is 9.30. The van der Waals surface area contributed by atoms with Crippen molar-refractivity contribution in [2.45, 2.75) is 96.9 Å². The Morgan fingerprint density at radius 3 is 2.66 bits per heavy atom. The molecule has 3 heterocycles. The van der Waals surface area contributed by atoms with E-state index < -0.39 is 5.54 Å². The van der Waals surface area contributed by atoms with Crippen molar-refractivity contribution in [2.24, 2.45) is 0 Å². The lowest BCUT2D eigenvalue weighted by Gasteiger charge is -2.44. The maximum Gasteiger partial charge on any atom is 0.271 e. The summed E-state index contributed by atoms with van der Waals surface area (Å²) in [4.78, 5) is 29.1. The Labute approximate surface area is 190 Å². The van der Waals surface area contributed by atoms with Gasteiger partial charge in [0.1, 0.15) is 17.0 Å². The maximum atomic E-state index is 13.7. The van der Waals surface area contributed by atoms with Crippen LogP contribution in [0.1, 0.15) is 82.0 Å². The quantitative estimate of drug-likeness (QED) is 0.508. The van der Waals surface area contributed by atoms with Crippen LogP contribution in [-0.4, -0.2) is 52.1 Å². The van der Waals surface area contributed by atoms with Crippen molar-refractivity contribution in [1.82, 2.24) is 14.8 Å². The fourth-order valence-electron chi connectivity index (χ4n) is 5.12. The van der Waals surface area contributed by atoms with E-state index in [2.05, 4.69) is 5.32 Å². The second-order valence-electron chi connectivity index (χ2n) is 9.89. The molecule has 1 atom stereocenters. The highest BCUT2D eigenvalue weighted by Crippen LogP contribution is 2.34. The smallest absolute Gasteiger partial charge is 0.271 e. The van der Waals surface area contributed by atoms with Crippen LogP contribution in [0.2, 0.25) is 0 Å². The van der Waals surface area contributed by atoms with Crippen LogP contribution >= 0.6 is 0 Å². The van der Waals surface area contributed by atoms with Crippen LogP contribution in [0.3, 0.4) is 0 Å². The Hall–Kier alpha value is -2.28. The number of fused-ring (bicyclic) bond motifs is 3. The van der Waals surface area contributed by atoms with Crippen molar-refractivity contribution in [1.29, 1.82) is 0 Å². The van der Waals surface area contributed by atoms with Gasteiger partial charge < -0.3 is 23.9 Å². The average Bonchev–Trinajstić information content (AvgIpc) is 3.12. The van der Waals surface area contributed by atoms with E-state index in [0.717, 1.165) is 37.0 Å². The molecular formula is C25H37N3O4. The SMILES string of the molecule is Cc1cc2c(cc3n2CC(C)(C(=O)NC2CCCCCC2)N(CCCOC(C)C)C3=O)o1. The van der Waals surface area contributed by atoms with E-state index in [-0.39, 0.29) is 24.0 Å². The third-order valence-corrected chi connectivity index (χ3v) is 6.90. The topological polar surface area (TPSA) is 76.7 Å². The highest BCUT2D eigenvalue weighted by atomic mass is 16.5. The minimum Gasteiger partial charge on any atom is -0.460 e. The van der Waals surface area contributed by atoms with Crippen LogP contribution in [0.25, 0.3) is 11.1 Å². The molecule has 1 fully saturated rings. The summed E-state index contributed by atoms with van der Waals surface area (Å²) in [5.74, 6) is 0.620. The van der Waals surface area contributed by atoms with Gasteiger partial charge in [-0.3, -0.25) is 9.59 Å². The number of nitrogens with one attached hydrogen (secondary N) is 1. The van der Waals surface area contributed by atoms with Crippen molar-refractivity contribution in [2.75, 3.05) is 13.2 Å². The van der Waals surface area contributed by atoms with Crippen molar-refractivity contribution < 1.29 is 18.7 Å². The number of carbonyl (C=O) groups excluding carboxylic acids is 2. The fraction of sp³-hybridized carbons (Fsp3) is 0.680. The predicted molar refractivity (Wildman–Crippen MR) is 124 cm³/mol. The number of hydrogen-bond donors (Lipinski definition) is 1. The fourth-order valence-corrected chi connectivity index (χ4v) is 5.12. The largest absolute Gasteiger partial charge is 0.460 e. The molecule has 0 radical (unpaired) electrons. The number of aromatic nitrogens is 1. The summed E-state index contributed by atoms with van der Waals surface area (Å²) in [6.45, 7) is 9.26. The van der Waals surface area contributed by atoms with Gasteiger partial charge in [-0.1, -0.05) is 25.7 Å². The molecule has 2 aromatic rings. The van der Waals surface area contributed by atoms with Crippen LogP contribution in [0.5, 0.6) is 0 Å². The van der Waals surface area contributed by atoms with Crippen LogP contribution in [0.15, 0.2) is 16.5 Å². The van der Waals surface area contributed by atoms with E-state index in [4.69, 9.17) is 9.15 Å². The molecule has 1 unspecified atom stereocenters. The summed E-state index contributed by atoms with van der Waals surface area (Å²) < 4.78 is 13.4. The zero-order valence-corrected chi connectivity index (χ0v) is 19.9. The molecule has 1 saturated carbocycles. The summed E-state index contributed by atoms with van der Waals surface area (Å²) in [6, 6.07) is 3.94. The molecule has 0 saturated heterocycles. The number of nitrogens with zero attached hydrogens (tertiary/aromatic N) is 2. The highest BCUT2D eigenvalue weighted by Gasteiger charge is 2.48. The van der Waals surface area contributed by atoms with Crippen molar-refractivity contribution >= 4 is 22.9 Å². The van der Waals surface area contributed by atoms with Gasteiger partial charge in [-0.2, -0.15) is 0 Å². The summed E-state index contributed by atoms with van der Waals surface area (Å²) in [5.41, 5.74) is 1.19. The molecule has 7 nitrogen and oxygen atoms in total. The summed E-state index contributed by atoms with van der Waals surface area (Å²) in [5, 5.41) is 3.30. The van der Waals surface area contributed by atoms with Crippen molar-refractivity contribution in [3.8, 4) is 0 Å². The molecule has 1 N–H and O–H groups in total. The number of furan rings is 1. The molecule has 176 valence electrons. The van der Waals surface area contributed by atoms with Gasteiger partial charge in [0.2, 0.25) is 5.91 Å². The first-order chi connectivity index (χ1) is 15.3. The third-order valence-electron chi connectivity index (χ3n) is 6.90. The van der Waals surface area contributed by atoms with Crippen LogP contribution in [-0.2, 0) is 16.1 Å². The van der Waals surface area contributed by atoms with Gasteiger partial charge in [-0.15, -0.1) is 0 Å². The van der Waals surface area contributed by atoms with Gasteiger partial charge in [-0.25, -0.2) is 0 Å². The lowest BCUT2D eigenvalue weighted by atomic mass is 9.93. The van der Waals surface area contributed by atoms with Crippen LogP contribution in [0, 0.1) is 6.92 Å². The normalized spacial score (nSPS) is 22.4. The highest BCUT2D eigenvalue weighted by molar-refractivity contribution is 6.03. The summed E-state index contributed by atoms with van der Waals surface area (Å²) in [7, 11) is 0. The van der Waals surface area contributed by atoms with Gasteiger partial charge in [0.25, 0.3) is 5.91 Å². The Kier molecular flexibility index (Phi) is 6.65. The molecule has 0 bridgehead atoms. The van der Waals surface area contributed by atoms with E-state index in [1.165, 1.54) is 12.8 Å². The average molecular weight is 444 g/mol. The maximum absolute atomic E-state index is 13.7. The van der Waals surface area contributed by atoms with Gasteiger partial charge in [-0.05, 0) is 47.0 Å². The molecule has 1 aliphatic carbocycles. The number of ether oxygens (including phenoxy) is 1. The standard InChI is InChI=1S/C25H37N3O4/c1-17(2)31-13-9-12-28-23(29)21-15-22-20(14-18(3)32-22)27(21)16-25(28,4)24(30)26-19-10-7-5-6-8-11-19/h14-15,17,19H,5-13,16H2,1-4H3,(H,26,30). The minimum atomic E-state index is -0.967. The van der Waals surface area contributed by atoms with E-state index >= 15 is 0 Å². The first kappa shape index (κ1) is 22.9. The first-order valence-corrected chi connectivity index (χ1v) is 12.1. The van der Waals surface area contributed by atoms with Crippen LogP contribution < -0.4 is 5.32 Å². The van der Waals surface area contributed by atoms with Gasteiger partial charge >= 0.3 is 0 Å². The second-order valence-corrected chi connectivity index (χ2v) is 9.89. The van der Waals surface area contributed by atoms with E-state index in [9.17, 15) is 9.59 Å². The Bertz CT molecular complexity index is 967. The lowest BCUT2D eigenvalue weighted by Crippen LogP contribution is -2.65.